The summed E-state index contributed by atoms with van der Waals surface area (Å²) in [7, 11) is 0. The summed E-state index contributed by atoms with van der Waals surface area (Å²) in [6, 6.07) is 0.927. The molecule has 2 fully saturated rings. The van der Waals surface area contributed by atoms with Crippen molar-refractivity contribution in [3.8, 4) is 0 Å². The molecule has 1 aromatic heterocycles. The molecule has 3 atom stereocenters. The number of hydrogen-bond donors (Lipinski definition) is 0. The summed E-state index contributed by atoms with van der Waals surface area (Å²) in [4.78, 5) is 17.8. The fourth-order valence-corrected chi connectivity index (χ4v) is 4.63. The number of likely N-dealkylation sites (N-methyl/N-ethyl adjacent to an activating group) is 1. The molecular weight excluding hydrogens is 290 g/mol. The van der Waals surface area contributed by atoms with Gasteiger partial charge in [-0.2, -0.15) is 0 Å². The van der Waals surface area contributed by atoms with E-state index in [0.717, 1.165) is 42.9 Å². The van der Waals surface area contributed by atoms with Gasteiger partial charge in [0.05, 0.1) is 11.6 Å². The minimum absolute atomic E-state index is 0.168. The van der Waals surface area contributed by atoms with Gasteiger partial charge in [0.15, 0.2) is 0 Å². The first-order chi connectivity index (χ1) is 11.0. The lowest BCUT2D eigenvalue weighted by Gasteiger charge is -2.35. The number of aromatic nitrogens is 1. The first kappa shape index (κ1) is 16.5. The first-order valence-electron chi connectivity index (χ1n) is 9.01. The van der Waals surface area contributed by atoms with Gasteiger partial charge < -0.3 is 9.42 Å². The van der Waals surface area contributed by atoms with Gasteiger partial charge in [-0.1, -0.05) is 12.1 Å². The van der Waals surface area contributed by atoms with Crippen molar-refractivity contribution in [2.75, 3.05) is 19.6 Å². The fraction of sp³-hybridized carbons (Fsp3) is 0.778. The van der Waals surface area contributed by atoms with E-state index in [0.29, 0.717) is 12.1 Å². The second kappa shape index (κ2) is 6.63. The van der Waals surface area contributed by atoms with Gasteiger partial charge in [-0.05, 0) is 59.5 Å². The van der Waals surface area contributed by atoms with Crippen LogP contribution in [0.3, 0.4) is 0 Å². The zero-order chi connectivity index (χ0) is 16.6. The molecule has 3 heterocycles. The highest BCUT2D eigenvalue weighted by Crippen LogP contribution is 2.33. The third-order valence-electron chi connectivity index (χ3n) is 5.74. The van der Waals surface area contributed by atoms with E-state index in [1.807, 2.05) is 20.8 Å². The van der Waals surface area contributed by atoms with Gasteiger partial charge in [-0.15, -0.1) is 0 Å². The highest BCUT2D eigenvalue weighted by Gasteiger charge is 2.41. The summed E-state index contributed by atoms with van der Waals surface area (Å²) < 4.78 is 5.26. The highest BCUT2D eigenvalue weighted by molar-refractivity contribution is 5.84. The van der Waals surface area contributed by atoms with Crippen LogP contribution in [-0.2, 0) is 4.79 Å². The van der Waals surface area contributed by atoms with E-state index in [1.54, 1.807) is 0 Å². The van der Waals surface area contributed by atoms with Gasteiger partial charge in [0.1, 0.15) is 5.76 Å². The average Bonchev–Trinajstić information content (AvgIpc) is 3.25. The summed E-state index contributed by atoms with van der Waals surface area (Å²) >= 11 is 0. The van der Waals surface area contributed by atoms with Gasteiger partial charge in [-0.3, -0.25) is 9.69 Å². The van der Waals surface area contributed by atoms with Crippen molar-refractivity contribution < 1.29 is 9.32 Å². The van der Waals surface area contributed by atoms with Gasteiger partial charge >= 0.3 is 0 Å². The minimum Gasteiger partial charge on any atom is -0.361 e. The van der Waals surface area contributed by atoms with Crippen molar-refractivity contribution in [1.29, 1.82) is 0 Å². The molecule has 0 bridgehead atoms. The van der Waals surface area contributed by atoms with Crippen molar-refractivity contribution in [2.24, 2.45) is 0 Å². The number of nitrogens with zero attached hydrogens (tertiary/aromatic N) is 3. The normalized spacial score (nSPS) is 26.9. The fourth-order valence-electron chi connectivity index (χ4n) is 4.63. The molecule has 0 unspecified atom stereocenters. The quantitative estimate of drug-likeness (QED) is 0.856. The lowest BCUT2D eigenvalue weighted by Crippen LogP contribution is -2.49. The monoisotopic (exact) mass is 319 g/mol. The molecule has 0 aliphatic carbocycles. The Morgan fingerprint density at radius 2 is 1.96 bits per heavy atom. The molecule has 5 nitrogen and oxygen atoms in total. The molecule has 2 aliphatic rings. The molecule has 0 radical (unpaired) electrons. The van der Waals surface area contributed by atoms with Crippen LogP contribution in [0.4, 0.5) is 0 Å². The SMILES string of the molecule is CCN1CCC[C@@H]1[C@@H]1CCCN1C(=O)[C@@H](C)c1c(C)noc1C. The molecule has 0 spiro atoms. The van der Waals surface area contributed by atoms with Crippen molar-refractivity contribution in [1.82, 2.24) is 15.0 Å². The zero-order valence-electron chi connectivity index (χ0n) is 14.8. The number of carbonyl (C=O) groups excluding carboxylic acids is 1. The van der Waals surface area contributed by atoms with E-state index in [-0.39, 0.29) is 11.8 Å². The predicted molar refractivity (Wildman–Crippen MR) is 89.4 cm³/mol. The molecule has 2 aliphatic heterocycles. The Bertz CT molecular complexity index is 549. The van der Waals surface area contributed by atoms with Gasteiger partial charge in [0.25, 0.3) is 0 Å². The van der Waals surface area contributed by atoms with Crippen LogP contribution in [0.1, 0.15) is 62.5 Å². The van der Waals surface area contributed by atoms with E-state index in [4.69, 9.17) is 4.52 Å². The van der Waals surface area contributed by atoms with Crippen LogP contribution in [0.5, 0.6) is 0 Å². The number of amides is 1. The molecule has 0 N–H and O–H groups in total. The van der Waals surface area contributed by atoms with Crippen molar-refractivity contribution in [2.45, 2.75) is 71.4 Å². The molecule has 0 aromatic carbocycles. The topological polar surface area (TPSA) is 49.6 Å². The van der Waals surface area contributed by atoms with E-state index in [2.05, 4.69) is 21.9 Å². The number of carbonyl (C=O) groups is 1. The molecule has 3 rings (SSSR count). The summed E-state index contributed by atoms with van der Waals surface area (Å²) in [5.74, 6) is 0.846. The van der Waals surface area contributed by atoms with E-state index in [1.165, 1.54) is 19.4 Å². The van der Waals surface area contributed by atoms with E-state index >= 15 is 0 Å². The van der Waals surface area contributed by atoms with Gasteiger partial charge in [0, 0.05) is 24.2 Å². The number of aryl methyl sites for hydroxylation is 2. The standard InChI is InChI=1S/C18H29N3O2/c1-5-20-10-6-8-15(20)16-9-7-11-21(16)18(22)12(2)17-13(3)19-23-14(17)4/h12,15-16H,5-11H2,1-4H3/t12-,15+,16-/m0/s1. The second-order valence-corrected chi connectivity index (χ2v) is 7.04. The van der Waals surface area contributed by atoms with Crippen LogP contribution < -0.4 is 0 Å². The molecular formula is C18H29N3O2. The third-order valence-corrected chi connectivity index (χ3v) is 5.74. The molecule has 5 heteroatoms. The van der Waals surface area contributed by atoms with Crippen molar-refractivity contribution in [3.05, 3.63) is 17.0 Å². The molecule has 128 valence electrons. The highest BCUT2D eigenvalue weighted by atomic mass is 16.5. The summed E-state index contributed by atoms with van der Waals surface area (Å²) in [5.41, 5.74) is 1.81. The van der Waals surface area contributed by atoms with Crippen LogP contribution in [-0.4, -0.2) is 52.6 Å². The Kier molecular flexibility index (Phi) is 4.76. The Morgan fingerprint density at radius 1 is 1.26 bits per heavy atom. The maximum Gasteiger partial charge on any atom is 0.230 e. The molecule has 23 heavy (non-hydrogen) atoms. The number of likely N-dealkylation sites (tertiary alicyclic amines) is 2. The molecule has 2 saturated heterocycles. The molecule has 0 saturated carbocycles. The Labute approximate surface area is 139 Å². The third kappa shape index (κ3) is 2.91. The van der Waals surface area contributed by atoms with E-state index < -0.39 is 0 Å². The van der Waals surface area contributed by atoms with Crippen LogP contribution in [0.15, 0.2) is 4.52 Å². The van der Waals surface area contributed by atoms with Gasteiger partial charge in [-0.25, -0.2) is 0 Å². The van der Waals surface area contributed by atoms with Crippen molar-refractivity contribution >= 4 is 5.91 Å². The summed E-state index contributed by atoms with van der Waals surface area (Å²) in [5, 5.41) is 4.01. The largest absolute Gasteiger partial charge is 0.361 e. The van der Waals surface area contributed by atoms with Crippen LogP contribution in [0.25, 0.3) is 0 Å². The second-order valence-electron chi connectivity index (χ2n) is 7.04. The average molecular weight is 319 g/mol. The lowest BCUT2D eigenvalue weighted by atomic mass is 9.96. The minimum atomic E-state index is -0.168. The Hall–Kier alpha value is -1.36. The van der Waals surface area contributed by atoms with Crippen LogP contribution in [0, 0.1) is 13.8 Å². The van der Waals surface area contributed by atoms with Crippen LogP contribution in [0.2, 0.25) is 0 Å². The first-order valence-corrected chi connectivity index (χ1v) is 9.01. The summed E-state index contributed by atoms with van der Waals surface area (Å²) in [6.45, 7) is 11.2. The maximum atomic E-state index is 13.1. The number of rotatable bonds is 4. The maximum absolute atomic E-state index is 13.1. The van der Waals surface area contributed by atoms with Crippen molar-refractivity contribution in [3.63, 3.8) is 0 Å². The summed E-state index contributed by atoms with van der Waals surface area (Å²) in [6.07, 6.45) is 4.75. The Balaban J connectivity index is 1.78. The molecule has 1 aromatic rings. The molecule has 1 amide bonds. The predicted octanol–water partition coefficient (Wildman–Crippen LogP) is 2.87. The lowest BCUT2D eigenvalue weighted by molar-refractivity contribution is -0.134. The van der Waals surface area contributed by atoms with Gasteiger partial charge in [0.2, 0.25) is 5.91 Å². The zero-order valence-corrected chi connectivity index (χ0v) is 14.8. The van der Waals surface area contributed by atoms with Crippen LogP contribution >= 0.6 is 0 Å². The van der Waals surface area contributed by atoms with E-state index in [9.17, 15) is 4.79 Å². The Morgan fingerprint density at radius 3 is 2.61 bits per heavy atom. The smallest absolute Gasteiger partial charge is 0.230 e. The number of hydrogen-bond acceptors (Lipinski definition) is 4.